The highest BCUT2D eigenvalue weighted by molar-refractivity contribution is 6.10. The fourth-order valence-corrected chi connectivity index (χ4v) is 6.84. The summed E-state index contributed by atoms with van der Waals surface area (Å²) in [7, 11) is 0. The number of aromatic nitrogens is 1. The van der Waals surface area contributed by atoms with Crippen molar-refractivity contribution in [1.29, 1.82) is 0 Å². The molecule has 0 aliphatic heterocycles. The van der Waals surface area contributed by atoms with E-state index in [0.717, 1.165) is 83.1 Å². The van der Waals surface area contributed by atoms with E-state index in [1.807, 2.05) is 60.7 Å². The summed E-state index contributed by atoms with van der Waals surface area (Å²) in [4.78, 5) is 7.08. The van der Waals surface area contributed by atoms with E-state index in [2.05, 4.69) is 102 Å². The van der Waals surface area contributed by atoms with Crippen LogP contribution in [0, 0.1) is 0 Å². The molecule has 0 aliphatic carbocycles. The van der Waals surface area contributed by atoms with Gasteiger partial charge in [0, 0.05) is 62.2 Å². The predicted molar refractivity (Wildman–Crippen MR) is 194 cm³/mol. The van der Waals surface area contributed by atoms with Crippen LogP contribution in [-0.2, 0) is 0 Å². The van der Waals surface area contributed by atoms with Gasteiger partial charge in [-0.05, 0) is 60.2 Å². The third-order valence-corrected chi connectivity index (χ3v) is 9.09. The molecule has 0 aliphatic rings. The molecule has 0 saturated carbocycles. The number of furan rings is 2. The van der Waals surface area contributed by atoms with Gasteiger partial charge in [0.25, 0.3) is 0 Å². The number of hydrogen-bond donors (Lipinski definition) is 0. The number of nitrogens with zero attached hydrogens (tertiary/aromatic N) is 2. The van der Waals surface area contributed by atoms with Crippen LogP contribution in [0.1, 0.15) is 0 Å². The second kappa shape index (κ2) is 10.5. The van der Waals surface area contributed by atoms with Gasteiger partial charge in [-0.3, -0.25) is 0 Å². The summed E-state index contributed by atoms with van der Waals surface area (Å²) >= 11 is 0. The smallest absolute Gasteiger partial charge is 0.227 e. The van der Waals surface area contributed by atoms with Crippen LogP contribution in [0.3, 0.4) is 0 Å². The molecular weight excluding hydrogens is 592 g/mol. The monoisotopic (exact) mass is 618 g/mol. The van der Waals surface area contributed by atoms with E-state index in [1.165, 1.54) is 0 Å². The van der Waals surface area contributed by atoms with E-state index < -0.39 is 0 Å². The van der Waals surface area contributed by atoms with Gasteiger partial charge < -0.3 is 18.2 Å². The van der Waals surface area contributed by atoms with Crippen LogP contribution in [0.15, 0.2) is 171 Å². The molecule has 0 radical (unpaired) electrons. The molecule has 3 heterocycles. The van der Waals surface area contributed by atoms with Crippen LogP contribution in [0.2, 0.25) is 0 Å². The first-order valence-corrected chi connectivity index (χ1v) is 15.9. The molecule has 48 heavy (non-hydrogen) atoms. The summed E-state index contributed by atoms with van der Waals surface area (Å²) in [5, 5.41) is 4.21. The van der Waals surface area contributed by atoms with Crippen molar-refractivity contribution in [1.82, 2.24) is 4.98 Å². The molecule has 3 aromatic heterocycles. The molecule has 0 bridgehead atoms. The lowest BCUT2D eigenvalue weighted by Crippen LogP contribution is -2.11. The number of benzene rings is 7. The van der Waals surface area contributed by atoms with E-state index in [1.54, 1.807) is 0 Å². The van der Waals surface area contributed by atoms with Crippen molar-refractivity contribution in [2.24, 2.45) is 0 Å². The lowest BCUT2D eigenvalue weighted by molar-refractivity contribution is 0.617. The third kappa shape index (κ3) is 4.22. The van der Waals surface area contributed by atoms with E-state index in [9.17, 15) is 0 Å². The van der Waals surface area contributed by atoms with E-state index in [0.29, 0.717) is 11.5 Å². The van der Waals surface area contributed by atoms with Crippen LogP contribution >= 0.6 is 0 Å². The van der Waals surface area contributed by atoms with Crippen molar-refractivity contribution in [3.63, 3.8) is 0 Å². The second-order valence-electron chi connectivity index (χ2n) is 12.0. The molecule has 0 saturated heterocycles. The van der Waals surface area contributed by atoms with Gasteiger partial charge >= 0.3 is 0 Å². The molecular formula is C43H26N2O3. The molecule has 0 amide bonds. The van der Waals surface area contributed by atoms with Crippen molar-refractivity contribution in [3.05, 3.63) is 158 Å². The number of fused-ring (bicyclic) bond motifs is 7. The molecule has 7 aromatic carbocycles. The highest BCUT2D eigenvalue weighted by Gasteiger charge is 2.21. The van der Waals surface area contributed by atoms with Gasteiger partial charge in [-0.1, -0.05) is 84.9 Å². The normalized spacial score (nSPS) is 11.8. The zero-order chi connectivity index (χ0) is 31.6. The molecule has 10 aromatic rings. The molecule has 226 valence electrons. The maximum Gasteiger partial charge on any atom is 0.227 e. The minimum atomic E-state index is 0.596. The maximum absolute atomic E-state index is 6.53. The lowest BCUT2D eigenvalue weighted by atomic mass is 10.0. The summed E-state index contributed by atoms with van der Waals surface area (Å²) < 4.78 is 19.0. The van der Waals surface area contributed by atoms with Crippen LogP contribution < -0.4 is 4.90 Å². The molecule has 0 atom stereocenters. The van der Waals surface area contributed by atoms with Gasteiger partial charge in [0.05, 0.1) is 5.69 Å². The Morgan fingerprint density at radius 3 is 1.75 bits per heavy atom. The average molecular weight is 619 g/mol. The van der Waals surface area contributed by atoms with Crippen molar-refractivity contribution < 1.29 is 13.3 Å². The Morgan fingerprint density at radius 1 is 0.396 bits per heavy atom. The number of anilines is 3. The first kappa shape index (κ1) is 26.6. The van der Waals surface area contributed by atoms with E-state index >= 15 is 0 Å². The minimum Gasteiger partial charge on any atom is -0.456 e. The van der Waals surface area contributed by atoms with Gasteiger partial charge in [-0.25, -0.2) is 4.98 Å². The Kier molecular flexibility index (Phi) is 5.81. The lowest BCUT2D eigenvalue weighted by Gasteiger charge is -2.27. The third-order valence-electron chi connectivity index (χ3n) is 9.09. The highest BCUT2D eigenvalue weighted by Crippen LogP contribution is 2.44. The van der Waals surface area contributed by atoms with Crippen molar-refractivity contribution >= 4 is 72.0 Å². The average Bonchev–Trinajstić information content (AvgIpc) is 3.84. The molecule has 10 rings (SSSR count). The van der Waals surface area contributed by atoms with Gasteiger partial charge in [0.15, 0.2) is 5.58 Å². The fraction of sp³-hybridized carbons (Fsp3) is 0. The van der Waals surface area contributed by atoms with Crippen molar-refractivity contribution in [3.8, 4) is 22.6 Å². The van der Waals surface area contributed by atoms with Crippen LogP contribution in [0.4, 0.5) is 17.1 Å². The van der Waals surface area contributed by atoms with Crippen LogP contribution in [0.5, 0.6) is 0 Å². The Balaban J connectivity index is 1.16. The van der Waals surface area contributed by atoms with Gasteiger partial charge in [0.2, 0.25) is 5.89 Å². The summed E-state index contributed by atoms with van der Waals surface area (Å²) in [6.45, 7) is 0. The molecule has 0 N–H and O–H groups in total. The Morgan fingerprint density at radius 2 is 0.979 bits per heavy atom. The zero-order valence-corrected chi connectivity index (χ0v) is 25.6. The highest BCUT2D eigenvalue weighted by atomic mass is 16.4. The largest absolute Gasteiger partial charge is 0.456 e. The number of para-hydroxylation sites is 2. The Bertz CT molecular complexity index is 2790. The Labute approximate surface area is 274 Å². The second-order valence-corrected chi connectivity index (χ2v) is 12.0. The number of hydrogen-bond acceptors (Lipinski definition) is 5. The number of rotatable bonds is 5. The summed E-state index contributed by atoms with van der Waals surface area (Å²) in [5.74, 6) is 0.596. The molecule has 0 unspecified atom stereocenters. The topological polar surface area (TPSA) is 55.6 Å². The first-order chi connectivity index (χ1) is 23.8. The van der Waals surface area contributed by atoms with E-state index in [-0.39, 0.29) is 0 Å². The van der Waals surface area contributed by atoms with Gasteiger partial charge in [0.1, 0.15) is 27.8 Å². The minimum absolute atomic E-state index is 0.596. The molecule has 5 nitrogen and oxygen atoms in total. The van der Waals surface area contributed by atoms with Crippen molar-refractivity contribution in [2.45, 2.75) is 0 Å². The maximum atomic E-state index is 6.53. The Hall–Kier alpha value is -6.59. The summed E-state index contributed by atoms with van der Waals surface area (Å²) in [5.41, 5.74) is 10.9. The molecule has 5 heteroatoms. The quantitative estimate of drug-likeness (QED) is 0.192. The first-order valence-electron chi connectivity index (χ1n) is 15.9. The SMILES string of the molecule is c1ccc(-c2nc3cc4c(cc3o2)oc2cc(N(c3ccc5c(c3)oc3ccccc35)c3ccccc3-c3ccccc3)ccc24)cc1. The van der Waals surface area contributed by atoms with E-state index in [4.69, 9.17) is 18.2 Å². The van der Waals surface area contributed by atoms with Gasteiger partial charge in [-0.15, -0.1) is 0 Å². The standard InChI is InChI=1S/C43H26N2O3/c1-3-11-27(12-4-1)31-15-7-9-17-37(31)45(29-19-21-33-32-16-8-10-18-38(32)46-39(33)23-29)30-20-22-34-35-25-36-42(26-41(35)47-40(34)24-30)48-43(44-36)28-13-5-2-6-14-28/h1-26H. The van der Waals surface area contributed by atoms with Crippen LogP contribution in [-0.4, -0.2) is 4.98 Å². The van der Waals surface area contributed by atoms with Gasteiger partial charge in [-0.2, -0.15) is 0 Å². The fourth-order valence-electron chi connectivity index (χ4n) is 6.84. The van der Waals surface area contributed by atoms with Crippen LogP contribution in [0.25, 0.3) is 77.6 Å². The summed E-state index contributed by atoms with van der Waals surface area (Å²) in [6, 6.07) is 54.0. The molecule has 0 fully saturated rings. The van der Waals surface area contributed by atoms with Crippen molar-refractivity contribution in [2.75, 3.05) is 4.90 Å². The zero-order valence-electron chi connectivity index (χ0n) is 25.6. The predicted octanol–water partition coefficient (Wildman–Crippen LogP) is 12.4. The number of oxazole rings is 1. The molecule has 0 spiro atoms. The summed E-state index contributed by atoms with van der Waals surface area (Å²) in [6.07, 6.45) is 0.